The van der Waals surface area contributed by atoms with Gasteiger partial charge in [-0.15, -0.1) is 11.3 Å². The van der Waals surface area contributed by atoms with Crippen molar-refractivity contribution in [3.63, 3.8) is 0 Å². The molecule has 1 heterocycles. The molecule has 0 aliphatic heterocycles. The zero-order chi connectivity index (χ0) is 15.4. The number of aromatic carboxylic acids is 1. The van der Waals surface area contributed by atoms with Gasteiger partial charge in [0.1, 0.15) is 10.6 Å². The summed E-state index contributed by atoms with van der Waals surface area (Å²) >= 11 is 1.08. The summed E-state index contributed by atoms with van der Waals surface area (Å²) in [6, 6.07) is 6.36. The van der Waals surface area contributed by atoms with Gasteiger partial charge in [-0.05, 0) is 41.6 Å². The molecule has 0 fully saturated rings. The maximum absolute atomic E-state index is 11.8. The van der Waals surface area contributed by atoms with Gasteiger partial charge in [0.05, 0.1) is 5.69 Å². The first-order chi connectivity index (χ1) is 9.97. The van der Waals surface area contributed by atoms with E-state index in [4.69, 9.17) is 10.2 Å². The van der Waals surface area contributed by atoms with Gasteiger partial charge in [-0.1, -0.05) is 12.1 Å². The summed E-state index contributed by atoms with van der Waals surface area (Å²) < 4.78 is 0. The van der Waals surface area contributed by atoms with Crippen LogP contribution in [-0.2, 0) is 4.79 Å². The lowest BCUT2D eigenvalue weighted by atomic mass is 10.2. The van der Waals surface area contributed by atoms with E-state index in [9.17, 15) is 9.59 Å². The maximum Gasteiger partial charge on any atom is 0.348 e. The molecular formula is C15H13NO4S. The van der Waals surface area contributed by atoms with Crippen molar-refractivity contribution < 1.29 is 19.8 Å². The first kappa shape index (κ1) is 14.8. The van der Waals surface area contributed by atoms with Crippen LogP contribution in [0.5, 0.6) is 5.75 Å². The molecule has 0 bridgehead atoms. The van der Waals surface area contributed by atoms with E-state index >= 15 is 0 Å². The van der Waals surface area contributed by atoms with Gasteiger partial charge in [-0.3, -0.25) is 4.79 Å². The Labute approximate surface area is 125 Å². The lowest BCUT2D eigenvalue weighted by Crippen LogP contribution is -2.11. The number of thiophene rings is 1. The minimum atomic E-state index is -1.06. The minimum Gasteiger partial charge on any atom is -0.508 e. The van der Waals surface area contributed by atoms with Crippen molar-refractivity contribution in [2.45, 2.75) is 6.92 Å². The SMILES string of the molecule is Cc1csc(C(=O)O)c1NC(=O)/C=C/c1ccc(O)cc1. The highest BCUT2D eigenvalue weighted by Gasteiger charge is 2.16. The van der Waals surface area contributed by atoms with Gasteiger partial charge in [-0.25, -0.2) is 4.79 Å². The highest BCUT2D eigenvalue weighted by atomic mass is 32.1. The molecule has 0 saturated carbocycles. The summed E-state index contributed by atoms with van der Waals surface area (Å²) in [5, 5.41) is 22.5. The molecule has 0 saturated heterocycles. The summed E-state index contributed by atoms with van der Waals surface area (Å²) in [6.45, 7) is 1.74. The number of carboxylic acids is 1. The number of phenolic OH excluding ortho intramolecular Hbond substituents is 1. The monoisotopic (exact) mass is 303 g/mol. The number of amides is 1. The molecule has 2 rings (SSSR count). The van der Waals surface area contributed by atoms with E-state index in [1.54, 1.807) is 30.5 Å². The van der Waals surface area contributed by atoms with Crippen LogP contribution in [-0.4, -0.2) is 22.1 Å². The molecule has 5 nitrogen and oxygen atoms in total. The lowest BCUT2D eigenvalue weighted by Gasteiger charge is -2.03. The van der Waals surface area contributed by atoms with E-state index in [2.05, 4.69) is 5.32 Å². The Morgan fingerprint density at radius 2 is 1.90 bits per heavy atom. The van der Waals surface area contributed by atoms with Crippen LogP contribution in [0.3, 0.4) is 0 Å². The van der Waals surface area contributed by atoms with Gasteiger partial charge in [-0.2, -0.15) is 0 Å². The number of carboxylic acid groups (broad SMARTS) is 1. The van der Waals surface area contributed by atoms with E-state index in [0.29, 0.717) is 11.3 Å². The molecule has 0 aliphatic rings. The fourth-order valence-corrected chi connectivity index (χ4v) is 2.52. The second kappa shape index (κ2) is 6.23. The zero-order valence-corrected chi connectivity index (χ0v) is 12.0. The summed E-state index contributed by atoms with van der Waals surface area (Å²) in [5.74, 6) is -1.32. The average molecular weight is 303 g/mol. The number of aromatic hydroxyl groups is 1. The molecule has 108 valence electrons. The average Bonchev–Trinajstić information content (AvgIpc) is 2.80. The van der Waals surface area contributed by atoms with E-state index in [0.717, 1.165) is 16.9 Å². The minimum absolute atomic E-state index is 0.110. The number of rotatable bonds is 4. The standard InChI is InChI=1S/C15H13NO4S/c1-9-8-21-14(15(19)20)13(9)16-12(18)7-4-10-2-5-11(17)6-3-10/h2-8,17H,1H3,(H,16,18)(H,19,20)/b7-4+. The predicted octanol–water partition coefficient (Wildman–Crippen LogP) is 3.11. The summed E-state index contributed by atoms with van der Waals surface area (Å²) in [7, 11) is 0. The van der Waals surface area contributed by atoms with Gasteiger partial charge >= 0.3 is 5.97 Å². The number of hydrogen-bond donors (Lipinski definition) is 3. The molecule has 0 radical (unpaired) electrons. The van der Waals surface area contributed by atoms with E-state index < -0.39 is 11.9 Å². The van der Waals surface area contributed by atoms with Crippen LogP contribution in [0.4, 0.5) is 5.69 Å². The Bertz CT molecular complexity index is 701. The third-order valence-corrected chi connectivity index (χ3v) is 3.82. The second-order valence-corrected chi connectivity index (χ2v) is 5.22. The number of benzene rings is 1. The molecule has 1 aromatic carbocycles. The first-order valence-corrected chi connectivity index (χ1v) is 6.95. The molecule has 2 aromatic rings. The molecule has 6 heteroatoms. The Hall–Kier alpha value is -2.60. The Morgan fingerprint density at radius 1 is 1.24 bits per heavy atom. The van der Waals surface area contributed by atoms with Crippen molar-refractivity contribution in [2.75, 3.05) is 5.32 Å². The molecular weight excluding hydrogens is 290 g/mol. The number of hydrogen-bond acceptors (Lipinski definition) is 4. The number of anilines is 1. The van der Waals surface area contributed by atoms with Crippen molar-refractivity contribution in [3.8, 4) is 5.75 Å². The van der Waals surface area contributed by atoms with Crippen LogP contribution in [0, 0.1) is 6.92 Å². The van der Waals surface area contributed by atoms with E-state index in [1.807, 2.05) is 0 Å². The predicted molar refractivity (Wildman–Crippen MR) is 81.8 cm³/mol. The Balaban J connectivity index is 2.10. The summed E-state index contributed by atoms with van der Waals surface area (Å²) in [6.07, 6.45) is 2.89. The maximum atomic E-state index is 11.8. The molecule has 0 aliphatic carbocycles. The molecule has 1 aromatic heterocycles. The topological polar surface area (TPSA) is 86.6 Å². The van der Waals surface area contributed by atoms with Crippen LogP contribution < -0.4 is 5.32 Å². The van der Waals surface area contributed by atoms with Crippen molar-refractivity contribution >= 4 is 35.0 Å². The van der Waals surface area contributed by atoms with E-state index in [-0.39, 0.29) is 10.6 Å². The molecule has 21 heavy (non-hydrogen) atoms. The third-order valence-electron chi connectivity index (χ3n) is 2.74. The zero-order valence-electron chi connectivity index (χ0n) is 11.2. The van der Waals surface area contributed by atoms with Crippen LogP contribution in [0.2, 0.25) is 0 Å². The molecule has 0 unspecified atom stereocenters. The van der Waals surface area contributed by atoms with Crippen LogP contribution >= 0.6 is 11.3 Å². The quantitative estimate of drug-likeness (QED) is 0.757. The van der Waals surface area contributed by atoms with Gasteiger partial charge in [0, 0.05) is 6.08 Å². The van der Waals surface area contributed by atoms with Gasteiger partial charge < -0.3 is 15.5 Å². The largest absolute Gasteiger partial charge is 0.508 e. The number of aryl methyl sites for hydroxylation is 1. The van der Waals surface area contributed by atoms with Gasteiger partial charge in [0.25, 0.3) is 0 Å². The fraction of sp³-hybridized carbons (Fsp3) is 0.0667. The van der Waals surface area contributed by atoms with Crippen molar-refractivity contribution in [3.05, 3.63) is 51.7 Å². The Kier molecular flexibility index (Phi) is 4.39. The number of phenols is 1. The number of nitrogens with one attached hydrogen (secondary N) is 1. The normalized spacial score (nSPS) is 10.7. The number of carbonyl (C=O) groups is 2. The van der Waals surface area contributed by atoms with Gasteiger partial charge in [0.15, 0.2) is 0 Å². The smallest absolute Gasteiger partial charge is 0.348 e. The molecule has 3 N–H and O–H groups in total. The molecule has 0 atom stereocenters. The van der Waals surface area contributed by atoms with Crippen molar-refractivity contribution in [2.24, 2.45) is 0 Å². The van der Waals surface area contributed by atoms with E-state index in [1.165, 1.54) is 18.2 Å². The van der Waals surface area contributed by atoms with Crippen LogP contribution in [0.1, 0.15) is 20.8 Å². The molecule has 1 amide bonds. The van der Waals surface area contributed by atoms with Crippen LogP contribution in [0.25, 0.3) is 6.08 Å². The Morgan fingerprint density at radius 3 is 2.52 bits per heavy atom. The summed E-state index contributed by atoms with van der Waals surface area (Å²) in [4.78, 5) is 23.0. The first-order valence-electron chi connectivity index (χ1n) is 6.07. The molecule has 0 spiro atoms. The van der Waals surface area contributed by atoms with Crippen molar-refractivity contribution in [1.29, 1.82) is 0 Å². The van der Waals surface area contributed by atoms with Gasteiger partial charge in [0.2, 0.25) is 5.91 Å². The fourth-order valence-electron chi connectivity index (χ4n) is 1.68. The highest BCUT2D eigenvalue weighted by Crippen LogP contribution is 2.27. The number of carbonyl (C=O) groups excluding carboxylic acids is 1. The third kappa shape index (κ3) is 3.70. The summed E-state index contributed by atoms with van der Waals surface area (Å²) in [5.41, 5.74) is 1.79. The second-order valence-electron chi connectivity index (χ2n) is 4.34. The van der Waals surface area contributed by atoms with Crippen molar-refractivity contribution in [1.82, 2.24) is 0 Å². The highest BCUT2D eigenvalue weighted by molar-refractivity contribution is 7.12. The lowest BCUT2D eigenvalue weighted by molar-refractivity contribution is -0.111. The van der Waals surface area contributed by atoms with Crippen LogP contribution in [0.15, 0.2) is 35.7 Å².